The van der Waals surface area contributed by atoms with Gasteiger partial charge in [-0.05, 0) is 24.3 Å². The Bertz CT molecular complexity index is 1260. The lowest BCUT2D eigenvalue weighted by Crippen LogP contribution is -2.35. The SMILES string of the molecule is O=C1C(C2=N[C@@H](C(=O)O)[C@H]3C(=O)N(c4ccc(Cl)cc4)C(=O)[C@H]23)=C(O)c2ccccc21. The molecular weight excluding hydrogens is 424 g/mol. The van der Waals surface area contributed by atoms with Gasteiger partial charge in [-0.15, -0.1) is 0 Å². The summed E-state index contributed by atoms with van der Waals surface area (Å²) in [5, 5.41) is 20.7. The van der Waals surface area contributed by atoms with Gasteiger partial charge in [0.2, 0.25) is 11.8 Å². The van der Waals surface area contributed by atoms with Crippen LogP contribution in [0.15, 0.2) is 59.1 Å². The third kappa shape index (κ3) is 2.58. The van der Waals surface area contributed by atoms with Crippen LogP contribution in [0.25, 0.3) is 5.76 Å². The number of amides is 2. The highest BCUT2D eigenvalue weighted by Crippen LogP contribution is 2.44. The van der Waals surface area contributed by atoms with Crippen molar-refractivity contribution in [2.24, 2.45) is 16.8 Å². The highest BCUT2D eigenvalue weighted by Gasteiger charge is 2.60. The fourth-order valence-electron chi connectivity index (χ4n) is 4.38. The molecule has 8 nitrogen and oxygen atoms in total. The highest BCUT2D eigenvalue weighted by molar-refractivity contribution is 6.43. The number of aliphatic carboxylic acids is 1. The largest absolute Gasteiger partial charge is 0.506 e. The van der Waals surface area contributed by atoms with E-state index in [1.807, 2.05) is 0 Å². The Kier molecular flexibility index (Phi) is 4.10. The average Bonchev–Trinajstić information content (AvgIpc) is 3.34. The number of hydrogen-bond donors (Lipinski definition) is 2. The second-order valence-electron chi connectivity index (χ2n) is 7.39. The summed E-state index contributed by atoms with van der Waals surface area (Å²) in [5.41, 5.74) is 0.313. The minimum atomic E-state index is -1.55. The van der Waals surface area contributed by atoms with E-state index in [1.54, 1.807) is 18.2 Å². The van der Waals surface area contributed by atoms with Crippen molar-refractivity contribution in [2.45, 2.75) is 6.04 Å². The standard InChI is InChI=1S/C22H13ClN2O6/c23-9-5-7-10(8-6-9)25-20(28)13-14(21(25)29)17(22(30)31)24-16(13)15-18(26)11-3-1-2-4-12(11)19(15)27/h1-8,13-14,17,26H,(H,30,31)/t13-,14-,17+/m0/s1. The molecule has 2 heterocycles. The van der Waals surface area contributed by atoms with Crippen LogP contribution in [-0.4, -0.2) is 45.5 Å². The number of carbonyl (C=O) groups is 4. The van der Waals surface area contributed by atoms with E-state index in [2.05, 4.69) is 4.99 Å². The molecule has 3 aliphatic rings. The maximum Gasteiger partial charge on any atom is 0.329 e. The number of hydrogen-bond acceptors (Lipinski definition) is 6. The first-order valence-corrected chi connectivity index (χ1v) is 9.70. The molecule has 3 atom stereocenters. The van der Waals surface area contributed by atoms with Gasteiger partial charge >= 0.3 is 5.97 Å². The fraction of sp³-hybridized carbons (Fsp3) is 0.136. The van der Waals surface area contributed by atoms with Gasteiger partial charge in [0.25, 0.3) is 0 Å². The summed E-state index contributed by atoms with van der Waals surface area (Å²) in [6, 6.07) is 10.7. The summed E-state index contributed by atoms with van der Waals surface area (Å²) in [6.45, 7) is 0. The fourth-order valence-corrected chi connectivity index (χ4v) is 4.51. The number of imide groups is 1. The number of allylic oxidation sites excluding steroid dienone is 1. The molecule has 0 saturated carbocycles. The summed E-state index contributed by atoms with van der Waals surface area (Å²) >= 11 is 5.88. The van der Waals surface area contributed by atoms with E-state index >= 15 is 0 Å². The molecule has 0 spiro atoms. The minimum absolute atomic E-state index is 0.175. The van der Waals surface area contributed by atoms with Gasteiger partial charge in [0.1, 0.15) is 5.76 Å². The number of carboxylic acids is 1. The van der Waals surface area contributed by atoms with E-state index in [9.17, 15) is 29.4 Å². The zero-order chi connectivity index (χ0) is 22.0. The maximum atomic E-state index is 13.3. The number of carboxylic acid groups (broad SMARTS) is 1. The van der Waals surface area contributed by atoms with Crippen molar-refractivity contribution in [3.05, 3.63) is 70.3 Å². The second-order valence-corrected chi connectivity index (χ2v) is 7.82. The molecule has 5 rings (SSSR count). The third-order valence-corrected chi connectivity index (χ3v) is 6.00. The first-order valence-electron chi connectivity index (χ1n) is 9.33. The Morgan fingerprint density at radius 3 is 2.23 bits per heavy atom. The van der Waals surface area contributed by atoms with E-state index < -0.39 is 41.4 Å². The lowest BCUT2D eigenvalue weighted by molar-refractivity contribution is -0.141. The van der Waals surface area contributed by atoms with Crippen molar-refractivity contribution in [3.63, 3.8) is 0 Å². The molecule has 2 amide bonds. The van der Waals surface area contributed by atoms with Crippen LogP contribution in [0.1, 0.15) is 15.9 Å². The van der Waals surface area contributed by atoms with Crippen LogP contribution in [-0.2, 0) is 14.4 Å². The molecule has 2 aromatic rings. The Hall–Kier alpha value is -3.78. The van der Waals surface area contributed by atoms with Crippen LogP contribution in [0.3, 0.4) is 0 Å². The van der Waals surface area contributed by atoms with Crippen molar-refractivity contribution in [2.75, 3.05) is 4.90 Å². The Labute approximate surface area is 180 Å². The number of halogens is 1. The number of aliphatic hydroxyl groups is 1. The maximum absolute atomic E-state index is 13.3. The molecule has 9 heteroatoms. The van der Waals surface area contributed by atoms with Gasteiger partial charge in [-0.1, -0.05) is 35.9 Å². The molecule has 1 aliphatic carbocycles. The van der Waals surface area contributed by atoms with E-state index in [0.29, 0.717) is 5.02 Å². The van der Waals surface area contributed by atoms with Crippen LogP contribution in [0.4, 0.5) is 5.69 Å². The molecular formula is C22H13ClN2O6. The molecule has 2 aliphatic heterocycles. The van der Waals surface area contributed by atoms with Gasteiger partial charge in [0, 0.05) is 16.1 Å². The number of anilines is 1. The van der Waals surface area contributed by atoms with Crippen LogP contribution < -0.4 is 4.90 Å². The number of benzene rings is 2. The van der Waals surface area contributed by atoms with E-state index in [4.69, 9.17) is 11.6 Å². The third-order valence-electron chi connectivity index (χ3n) is 5.75. The van der Waals surface area contributed by atoms with Crippen molar-refractivity contribution >= 4 is 52.3 Å². The van der Waals surface area contributed by atoms with Crippen molar-refractivity contribution in [1.29, 1.82) is 0 Å². The molecule has 2 aromatic carbocycles. The monoisotopic (exact) mass is 436 g/mol. The van der Waals surface area contributed by atoms with Crippen LogP contribution >= 0.6 is 11.6 Å². The van der Waals surface area contributed by atoms with Gasteiger partial charge in [-0.2, -0.15) is 0 Å². The number of fused-ring (bicyclic) bond motifs is 2. The first kappa shape index (κ1) is 19.2. The van der Waals surface area contributed by atoms with Gasteiger partial charge in [0.15, 0.2) is 11.8 Å². The van der Waals surface area contributed by atoms with Crippen LogP contribution in [0.5, 0.6) is 0 Å². The lowest BCUT2D eigenvalue weighted by Gasteiger charge is -2.17. The normalized spacial score (nSPS) is 24.5. The first-order chi connectivity index (χ1) is 14.8. The van der Waals surface area contributed by atoms with E-state index in [-0.39, 0.29) is 33.9 Å². The molecule has 0 unspecified atom stereocenters. The summed E-state index contributed by atoms with van der Waals surface area (Å²) in [5.74, 6) is -6.38. The number of aliphatic imine (C=N–C) groups is 1. The molecule has 0 aromatic heterocycles. The lowest BCUT2D eigenvalue weighted by atomic mass is 9.85. The van der Waals surface area contributed by atoms with Crippen molar-refractivity contribution in [1.82, 2.24) is 0 Å². The van der Waals surface area contributed by atoms with Crippen molar-refractivity contribution < 1.29 is 29.4 Å². The average molecular weight is 437 g/mol. The van der Waals surface area contributed by atoms with Crippen LogP contribution in [0, 0.1) is 11.8 Å². The molecule has 2 N–H and O–H groups in total. The highest BCUT2D eigenvalue weighted by atomic mass is 35.5. The second kappa shape index (κ2) is 6.61. The summed E-state index contributed by atoms with van der Waals surface area (Å²) in [6.07, 6.45) is 0. The molecule has 1 fully saturated rings. The topological polar surface area (TPSA) is 124 Å². The molecule has 0 radical (unpaired) electrons. The number of aliphatic hydroxyl groups excluding tert-OH is 1. The zero-order valence-corrected chi connectivity index (χ0v) is 16.4. The molecule has 154 valence electrons. The number of carbonyl (C=O) groups excluding carboxylic acids is 3. The van der Waals surface area contributed by atoms with Gasteiger partial charge in [0.05, 0.1) is 28.8 Å². The van der Waals surface area contributed by atoms with E-state index in [1.165, 1.54) is 30.3 Å². The van der Waals surface area contributed by atoms with Gasteiger partial charge in [-0.25, -0.2) is 9.69 Å². The summed E-state index contributed by atoms with van der Waals surface area (Å²) in [4.78, 5) is 56.2. The zero-order valence-electron chi connectivity index (χ0n) is 15.7. The van der Waals surface area contributed by atoms with Gasteiger partial charge in [-0.3, -0.25) is 19.4 Å². The quantitative estimate of drug-likeness (QED) is 0.712. The molecule has 31 heavy (non-hydrogen) atoms. The Balaban J connectivity index is 1.63. The Morgan fingerprint density at radius 1 is 0.968 bits per heavy atom. The summed E-state index contributed by atoms with van der Waals surface area (Å²) < 4.78 is 0. The number of Topliss-reactive ketones (excluding diaryl/α,β-unsaturated/α-hetero) is 1. The smallest absolute Gasteiger partial charge is 0.329 e. The van der Waals surface area contributed by atoms with Gasteiger partial charge < -0.3 is 10.2 Å². The van der Waals surface area contributed by atoms with Crippen molar-refractivity contribution in [3.8, 4) is 0 Å². The number of ketones is 1. The number of nitrogens with zero attached hydrogens (tertiary/aromatic N) is 2. The minimum Gasteiger partial charge on any atom is -0.506 e. The molecule has 0 bridgehead atoms. The van der Waals surface area contributed by atoms with Crippen LogP contribution in [0.2, 0.25) is 5.02 Å². The van der Waals surface area contributed by atoms with E-state index in [0.717, 1.165) is 4.90 Å². The Morgan fingerprint density at radius 2 is 1.61 bits per heavy atom. The molecule has 1 saturated heterocycles. The predicted molar refractivity (Wildman–Crippen MR) is 110 cm³/mol. The number of rotatable bonds is 3. The predicted octanol–water partition coefficient (Wildman–Crippen LogP) is 2.52. The summed E-state index contributed by atoms with van der Waals surface area (Å²) in [7, 11) is 0.